The summed E-state index contributed by atoms with van der Waals surface area (Å²) in [5.74, 6) is 1.51. The van der Waals surface area contributed by atoms with E-state index in [4.69, 9.17) is 11.6 Å². The zero-order chi connectivity index (χ0) is 15.5. The SMILES string of the molecule is Cc1nccn1CCC(=O)N1CC[C@@H](c2ccccc2Cl)C1. The zero-order valence-electron chi connectivity index (χ0n) is 12.7. The lowest BCUT2D eigenvalue weighted by molar-refractivity contribution is -0.130. The van der Waals surface area contributed by atoms with Crippen LogP contribution in [0.1, 0.15) is 30.1 Å². The number of aromatic nitrogens is 2. The monoisotopic (exact) mass is 317 g/mol. The van der Waals surface area contributed by atoms with Gasteiger partial charge in [0, 0.05) is 49.4 Å². The lowest BCUT2D eigenvalue weighted by Gasteiger charge is -2.17. The molecule has 1 aliphatic heterocycles. The Kier molecular flexibility index (Phi) is 4.48. The van der Waals surface area contributed by atoms with Crippen LogP contribution in [0.4, 0.5) is 0 Å². The van der Waals surface area contributed by atoms with Crippen LogP contribution in [0.15, 0.2) is 36.7 Å². The van der Waals surface area contributed by atoms with Crippen molar-refractivity contribution in [2.24, 2.45) is 0 Å². The number of carbonyl (C=O) groups excluding carboxylic acids is 1. The van der Waals surface area contributed by atoms with E-state index in [0.717, 1.165) is 35.9 Å². The van der Waals surface area contributed by atoms with E-state index in [1.807, 2.05) is 40.8 Å². The summed E-state index contributed by atoms with van der Waals surface area (Å²) in [6.07, 6.45) is 5.19. The first-order chi connectivity index (χ1) is 10.6. The minimum absolute atomic E-state index is 0.211. The highest BCUT2D eigenvalue weighted by Crippen LogP contribution is 2.32. The summed E-state index contributed by atoms with van der Waals surface area (Å²) >= 11 is 6.26. The van der Waals surface area contributed by atoms with Gasteiger partial charge in [0.05, 0.1) is 0 Å². The molecule has 0 radical (unpaired) electrons. The summed E-state index contributed by atoms with van der Waals surface area (Å²) in [6.45, 7) is 4.23. The van der Waals surface area contributed by atoms with Crippen LogP contribution in [0.25, 0.3) is 0 Å². The van der Waals surface area contributed by atoms with Crippen LogP contribution < -0.4 is 0 Å². The first kappa shape index (κ1) is 15.1. The maximum Gasteiger partial charge on any atom is 0.224 e. The molecule has 1 amide bonds. The second kappa shape index (κ2) is 6.53. The molecule has 1 fully saturated rings. The Morgan fingerprint density at radius 2 is 2.23 bits per heavy atom. The normalized spacial score (nSPS) is 17.9. The molecule has 116 valence electrons. The van der Waals surface area contributed by atoms with Gasteiger partial charge in [-0.3, -0.25) is 4.79 Å². The number of halogens is 1. The highest BCUT2D eigenvalue weighted by atomic mass is 35.5. The van der Waals surface area contributed by atoms with Crippen molar-refractivity contribution in [3.63, 3.8) is 0 Å². The number of nitrogens with zero attached hydrogens (tertiary/aromatic N) is 3. The van der Waals surface area contributed by atoms with E-state index >= 15 is 0 Å². The number of amides is 1. The van der Waals surface area contributed by atoms with E-state index < -0.39 is 0 Å². The zero-order valence-corrected chi connectivity index (χ0v) is 13.5. The number of hydrogen-bond acceptors (Lipinski definition) is 2. The summed E-state index contributed by atoms with van der Waals surface area (Å²) in [5, 5.41) is 0.802. The number of hydrogen-bond donors (Lipinski definition) is 0. The lowest BCUT2D eigenvalue weighted by Crippen LogP contribution is -2.29. The third-order valence-corrected chi connectivity index (χ3v) is 4.72. The van der Waals surface area contributed by atoms with Crippen LogP contribution in [0.5, 0.6) is 0 Å². The van der Waals surface area contributed by atoms with Crippen LogP contribution >= 0.6 is 11.6 Å². The summed E-state index contributed by atoms with van der Waals surface area (Å²) in [6, 6.07) is 7.93. The van der Waals surface area contributed by atoms with Crippen LogP contribution in [0.2, 0.25) is 5.02 Å². The van der Waals surface area contributed by atoms with Gasteiger partial charge in [-0.05, 0) is 25.0 Å². The second-order valence-corrected chi connectivity index (χ2v) is 6.17. The van der Waals surface area contributed by atoms with Crippen molar-refractivity contribution in [2.45, 2.75) is 32.2 Å². The summed E-state index contributed by atoms with van der Waals surface area (Å²) < 4.78 is 2.01. The van der Waals surface area contributed by atoms with Gasteiger partial charge in [0.2, 0.25) is 5.91 Å². The minimum Gasteiger partial charge on any atom is -0.342 e. The van der Waals surface area contributed by atoms with Crippen LogP contribution in [0.3, 0.4) is 0 Å². The third-order valence-electron chi connectivity index (χ3n) is 4.38. The smallest absolute Gasteiger partial charge is 0.224 e. The number of likely N-dealkylation sites (tertiary alicyclic amines) is 1. The number of benzene rings is 1. The molecule has 0 N–H and O–H groups in total. The van der Waals surface area contributed by atoms with Crippen LogP contribution in [0, 0.1) is 6.92 Å². The molecule has 2 heterocycles. The average molecular weight is 318 g/mol. The molecule has 1 atom stereocenters. The molecular weight excluding hydrogens is 298 g/mol. The number of rotatable bonds is 4. The highest BCUT2D eigenvalue weighted by Gasteiger charge is 2.28. The molecule has 1 aromatic heterocycles. The predicted octanol–water partition coefficient (Wildman–Crippen LogP) is 3.25. The largest absolute Gasteiger partial charge is 0.342 e. The molecule has 22 heavy (non-hydrogen) atoms. The molecular formula is C17H20ClN3O. The van der Waals surface area contributed by atoms with Crippen LogP contribution in [-0.2, 0) is 11.3 Å². The molecule has 0 saturated carbocycles. The lowest BCUT2D eigenvalue weighted by atomic mass is 9.98. The molecule has 4 nitrogen and oxygen atoms in total. The van der Waals surface area contributed by atoms with E-state index in [9.17, 15) is 4.79 Å². The number of aryl methyl sites for hydroxylation is 2. The maximum atomic E-state index is 12.4. The summed E-state index contributed by atoms with van der Waals surface area (Å²) in [5.41, 5.74) is 1.16. The molecule has 0 bridgehead atoms. The van der Waals surface area contributed by atoms with E-state index in [-0.39, 0.29) is 5.91 Å². The molecule has 2 aromatic rings. The minimum atomic E-state index is 0.211. The van der Waals surface area contributed by atoms with Gasteiger partial charge in [0.1, 0.15) is 5.82 Å². The van der Waals surface area contributed by atoms with E-state index in [0.29, 0.717) is 18.9 Å². The van der Waals surface area contributed by atoms with Crippen molar-refractivity contribution in [3.05, 3.63) is 53.1 Å². The van der Waals surface area contributed by atoms with Gasteiger partial charge in [0.25, 0.3) is 0 Å². The topological polar surface area (TPSA) is 38.1 Å². The molecule has 0 aliphatic carbocycles. The van der Waals surface area contributed by atoms with Crippen molar-refractivity contribution in [3.8, 4) is 0 Å². The van der Waals surface area contributed by atoms with Gasteiger partial charge in [-0.15, -0.1) is 0 Å². The molecule has 1 aromatic carbocycles. The average Bonchev–Trinajstić information content (AvgIpc) is 3.14. The van der Waals surface area contributed by atoms with Crippen molar-refractivity contribution in [1.29, 1.82) is 0 Å². The Hall–Kier alpha value is -1.81. The molecule has 0 spiro atoms. The van der Waals surface area contributed by atoms with E-state index in [1.54, 1.807) is 6.20 Å². The quantitative estimate of drug-likeness (QED) is 0.868. The fourth-order valence-electron chi connectivity index (χ4n) is 3.06. The summed E-state index contributed by atoms with van der Waals surface area (Å²) in [4.78, 5) is 18.5. The number of imidazole rings is 1. The third kappa shape index (κ3) is 3.17. The van der Waals surface area contributed by atoms with Gasteiger partial charge in [-0.25, -0.2) is 4.98 Å². The molecule has 0 unspecified atom stereocenters. The van der Waals surface area contributed by atoms with Crippen molar-refractivity contribution < 1.29 is 4.79 Å². The van der Waals surface area contributed by atoms with Gasteiger partial charge >= 0.3 is 0 Å². The Morgan fingerprint density at radius 3 is 2.95 bits per heavy atom. The predicted molar refractivity (Wildman–Crippen MR) is 87.0 cm³/mol. The molecule has 5 heteroatoms. The molecule has 1 saturated heterocycles. The van der Waals surface area contributed by atoms with E-state index in [2.05, 4.69) is 11.1 Å². The Balaban J connectivity index is 1.57. The highest BCUT2D eigenvalue weighted by molar-refractivity contribution is 6.31. The van der Waals surface area contributed by atoms with Crippen molar-refractivity contribution in [1.82, 2.24) is 14.5 Å². The maximum absolute atomic E-state index is 12.4. The van der Waals surface area contributed by atoms with Gasteiger partial charge in [0.15, 0.2) is 0 Å². The molecule has 3 rings (SSSR count). The van der Waals surface area contributed by atoms with Gasteiger partial charge < -0.3 is 9.47 Å². The number of carbonyl (C=O) groups is 1. The molecule has 1 aliphatic rings. The van der Waals surface area contributed by atoms with Gasteiger partial charge in [-0.1, -0.05) is 29.8 Å². The van der Waals surface area contributed by atoms with Crippen molar-refractivity contribution >= 4 is 17.5 Å². The van der Waals surface area contributed by atoms with Crippen molar-refractivity contribution in [2.75, 3.05) is 13.1 Å². The second-order valence-electron chi connectivity index (χ2n) is 5.76. The first-order valence-corrected chi connectivity index (χ1v) is 8.03. The Bertz CT molecular complexity index is 667. The van der Waals surface area contributed by atoms with E-state index in [1.165, 1.54) is 0 Å². The fourth-order valence-corrected chi connectivity index (χ4v) is 3.35. The van der Waals surface area contributed by atoms with Crippen LogP contribution in [-0.4, -0.2) is 33.4 Å². The summed E-state index contributed by atoms with van der Waals surface area (Å²) in [7, 11) is 0. The van der Waals surface area contributed by atoms with Gasteiger partial charge in [-0.2, -0.15) is 0 Å². The Morgan fingerprint density at radius 1 is 1.41 bits per heavy atom. The first-order valence-electron chi connectivity index (χ1n) is 7.65. The Labute approximate surface area is 135 Å². The standard InChI is InChI=1S/C17H20ClN3O/c1-13-19-8-11-20(13)10-7-17(22)21-9-6-14(12-21)15-4-2-3-5-16(15)18/h2-5,8,11,14H,6-7,9-10,12H2,1H3/t14-/m1/s1. The fraction of sp³-hybridized carbons (Fsp3) is 0.412.